The lowest BCUT2D eigenvalue weighted by Gasteiger charge is -2.21. The molecule has 2 atom stereocenters. The van der Waals surface area contributed by atoms with Crippen molar-refractivity contribution < 1.29 is 9.53 Å². The van der Waals surface area contributed by atoms with Crippen LogP contribution in [0, 0.1) is 0 Å². The highest BCUT2D eigenvalue weighted by Crippen LogP contribution is 2.20. The molecular weight excluding hydrogens is 296 g/mol. The fraction of sp³-hybridized carbons (Fsp3) is 0.769. The van der Waals surface area contributed by atoms with Crippen LogP contribution in [0.25, 0.3) is 0 Å². The summed E-state index contributed by atoms with van der Waals surface area (Å²) in [5.41, 5.74) is -0.436. The highest BCUT2D eigenvalue weighted by Gasteiger charge is 2.27. The van der Waals surface area contributed by atoms with Crippen LogP contribution in [0.3, 0.4) is 0 Å². The van der Waals surface area contributed by atoms with Gasteiger partial charge in [-0.3, -0.25) is 0 Å². The zero-order chi connectivity index (χ0) is 13.8. The van der Waals surface area contributed by atoms with Crippen LogP contribution in [0.15, 0.2) is 11.1 Å². The van der Waals surface area contributed by atoms with Crippen LogP contribution in [0.2, 0.25) is 0 Å². The molecule has 18 heavy (non-hydrogen) atoms. The number of amides is 1. The molecule has 1 aliphatic rings. The zero-order valence-corrected chi connectivity index (χ0v) is 13.0. The molecule has 4 nitrogen and oxygen atoms in total. The first-order valence-corrected chi connectivity index (χ1v) is 7.12. The smallest absolute Gasteiger partial charge is 0.407 e. The highest BCUT2D eigenvalue weighted by molar-refractivity contribution is 9.11. The molecule has 0 spiro atoms. The Kier molecular flexibility index (Phi) is 5.66. The number of alkyl carbamates (subject to hydrolysis) is 1. The first-order chi connectivity index (χ1) is 8.26. The van der Waals surface area contributed by atoms with Crippen molar-refractivity contribution in [3.8, 4) is 0 Å². The Bertz CT molecular complexity index is 313. The zero-order valence-electron chi connectivity index (χ0n) is 11.4. The van der Waals surface area contributed by atoms with E-state index in [9.17, 15) is 4.79 Å². The summed E-state index contributed by atoms with van der Waals surface area (Å²) in [5, 5.41) is 6.31. The van der Waals surface area contributed by atoms with Gasteiger partial charge in [-0.05, 0) is 40.0 Å². The lowest BCUT2D eigenvalue weighted by atomic mass is 10.2. The second-order valence-corrected chi connectivity index (χ2v) is 6.87. The minimum Gasteiger partial charge on any atom is -0.444 e. The largest absolute Gasteiger partial charge is 0.444 e. The fourth-order valence-electron chi connectivity index (χ4n) is 2.03. The maximum absolute atomic E-state index is 11.6. The summed E-state index contributed by atoms with van der Waals surface area (Å²) in [6, 6.07) is 0.653. The van der Waals surface area contributed by atoms with E-state index in [1.807, 2.05) is 20.8 Å². The standard InChI is InChI=1S/C13H23BrN2O2/c1-9(14)8-15-10-5-6-11(7-10)16-12(17)18-13(2,3)4/h10-11,15H,1,5-8H2,2-4H3,(H,16,17). The average Bonchev–Trinajstić information content (AvgIpc) is 2.59. The Labute approximate surface area is 118 Å². The summed E-state index contributed by atoms with van der Waals surface area (Å²) in [4.78, 5) is 11.6. The second kappa shape index (κ2) is 6.57. The van der Waals surface area contributed by atoms with E-state index in [0.29, 0.717) is 6.04 Å². The molecule has 0 heterocycles. The van der Waals surface area contributed by atoms with Gasteiger partial charge in [-0.1, -0.05) is 22.5 Å². The number of ether oxygens (including phenoxy) is 1. The molecule has 1 rings (SSSR count). The number of rotatable bonds is 4. The van der Waals surface area contributed by atoms with Crippen molar-refractivity contribution in [1.29, 1.82) is 0 Å². The monoisotopic (exact) mass is 318 g/mol. The normalized spacial score (nSPS) is 23.8. The van der Waals surface area contributed by atoms with Gasteiger partial charge in [0.2, 0.25) is 0 Å². The van der Waals surface area contributed by atoms with E-state index in [4.69, 9.17) is 4.74 Å². The number of hydrogen-bond donors (Lipinski definition) is 2. The van der Waals surface area contributed by atoms with Gasteiger partial charge in [0.1, 0.15) is 5.60 Å². The fourth-order valence-corrected chi connectivity index (χ4v) is 2.19. The number of hydrogen-bond acceptors (Lipinski definition) is 3. The molecule has 1 fully saturated rings. The molecule has 104 valence electrons. The molecular formula is C13H23BrN2O2. The molecule has 0 saturated heterocycles. The summed E-state index contributed by atoms with van der Waals surface area (Å²) in [6.45, 7) is 10.2. The third-order valence-corrected chi connectivity index (χ3v) is 3.02. The molecule has 0 aromatic carbocycles. The Hall–Kier alpha value is -0.550. The van der Waals surface area contributed by atoms with Crippen molar-refractivity contribution in [2.45, 2.75) is 57.7 Å². The molecule has 0 aliphatic heterocycles. The van der Waals surface area contributed by atoms with E-state index in [1.165, 1.54) is 0 Å². The summed E-state index contributed by atoms with van der Waals surface area (Å²) in [5.74, 6) is 0. The minimum atomic E-state index is -0.436. The molecule has 2 N–H and O–H groups in total. The Balaban J connectivity index is 2.26. The van der Waals surface area contributed by atoms with Crippen LogP contribution < -0.4 is 10.6 Å². The van der Waals surface area contributed by atoms with E-state index < -0.39 is 5.60 Å². The minimum absolute atomic E-state index is 0.209. The lowest BCUT2D eigenvalue weighted by Crippen LogP contribution is -2.39. The van der Waals surface area contributed by atoms with E-state index in [0.717, 1.165) is 30.3 Å². The third kappa shape index (κ3) is 6.40. The number of carbonyl (C=O) groups is 1. The number of halogens is 1. The summed E-state index contributed by atoms with van der Waals surface area (Å²) >= 11 is 3.32. The quantitative estimate of drug-likeness (QED) is 0.838. The van der Waals surface area contributed by atoms with Gasteiger partial charge in [-0.25, -0.2) is 4.79 Å². The highest BCUT2D eigenvalue weighted by atomic mass is 79.9. The van der Waals surface area contributed by atoms with Crippen LogP contribution >= 0.6 is 15.9 Å². The molecule has 1 amide bonds. The molecule has 1 saturated carbocycles. The summed E-state index contributed by atoms with van der Waals surface area (Å²) in [7, 11) is 0. The third-order valence-electron chi connectivity index (χ3n) is 2.74. The van der Waals surface area contributed by atoms with Crippen LogP contribution in [0.1, 0.15) is 40.0 Å². The van der Waals surface area contributed by atoms with Gasteiger partial charge in [0, 0.05) is 23.1 Å². The first kappa shape index (κ1) is 15.5. The van der Waals surface area contributed by atoms with Crippen molar-refractivity contribution in [1.82, 2.24) is 10.6 Å². The van der Waals surface area contributed by atoms with Crippen molar-refractivity contribution in [3.63, 3.8) is 0 Å². The SMILES string of the molecule is C=C(Br)CNC1CCC(NC(=O)OC(C)(C)C)C1. The topological polar surface area (TPSA) is 50.4 Å². The van der Waals surface area contributed by atoms with Crippen LogP contribution in [-0.4, -0.2) is 30.3 Å². The lowest BCUT2D eigenvalue weighted by molar-refractivity contribution is 0.0505. The first-order valence-electron chi connectivity index (χ1n) is 6.32. The summed E-state index contributed by atoms with van der Waals surface area (Å²) in [6.07, 6.45) is 2.68. The van der Waals surface area contributed by atoms with E-state index in [1.54, 1.807) is 0 Å². The number of nitrogens with one attached hydrogen (secondary N) is 2. The summed E-state index contributed by atoms with van der Waals surface area (Å²) < 4.78 is 6.19. The maximum Gasteiger partial charge on any atom is 0.407 e. The Morgan fingerprint density at radius 3 is 2.56 bits per heavy atom. The van der Waals surface area contributed by atoms with E-state index in [2.05, 4.69) is 33.1 Å². The van der Waals surface area contributed by atoms with E-state index >= 15 is 0 Å². The van der Waals surface area contributed by atoms with Gasteiger partial charge < -0.3 is 15.4 Å². The van der Waals surface area contributed by atoms with Crippen LogP contribution in [-0.2, 0) is 4.74 Å². The molecule has 0 radical (unpaired) electrons. The molecule has 0 bridgehead atoms. The van der Waals surface area contributed by atoms with E-state index in [-0.39, 0.29) is 12.1 Å². The molecule has 1 aliphatic carbocycles. The maximum atomic E-state index is 11.6. The van der Waals surface area contributed by atoms with Crippen molar-refractivity contribution >= 4 is 22.0 Å². The molecule has 0 aromatic heterocycles. The van der Waals surface area contributed by atoms with Crippen LogP contribution in [0.5, 0.6) is 0 Å². The Morgan fingerprint density at radius 1 is 1.39 bits per heavy atom. The van der Waals surface area contributed by atoms with Gasteiger partial charge in [0.05, 0.1) is 0 Å². The van der Waals surface area contributed by atoms with Crippen molar-refractivity contribution in [2.24, 2.45) is 0 Å². The molecule has 5 heteroatoms. The second-order valence-electron chi connectivity index (χ2n) is 5.75. The van der Waals surface area contributed by atoms with Crippen molar-refractivity contribution in [3.05, 3.63) is 11.1 Å². The Morgan fingerprint density at radius 2 is 2.00 bits per heavy atom. The van der Waals surface area contributed by atoms with Gasteiger partial charge in [-0.2, -0.15) is 0 Å². The predicted molar refractivity (Wildman–Crippen MR) is 76.9 cm³/mol. The molecule has 0 aromatic rings. The van der Waals surface area contributed by atoms with Gasteiger partial charge in [0.25, 0.3) is 0 Å². The average molecular weight is 319 g/mol. The number of carbonyl (C=O) groups excluding carboxylic acids is 1. The van der Waals surface area contributed by atoms with Crippen LogP contribution in [0.4, 0.5) is 4.79 Å². The molecule has 2 unspecified atom stereocenters. The van der Waals surface area contributed by atoms with Gasteiger partial charge >= 0.3 is 6.09 Å². The predicted octanol–water partition coefficient (Wildman–Crippen LogP) is 2.93. The van der Waals surface area contributed by atoms with Gasteiger partial charge in [-0.15, -0.1) is 0 Å². The van der Waals surface area contributed by atoms with Gasteiger partial charge in [0.15, 0.2) is 0 Å². The van der Waals surface area contributed by atoms with Crippen molar-refractivity contribution in [2.75, 3.05) is 6.54 Å².